The number of methoxy groups -OCH3 is 1. The van der Waals surface area contributed by atoms with Crippen molar-refractivity contribution in [3.63, 3.8) is 0 Å². The number of amides is 2. The predicted molar refractivity (Wildman–Crippen MR) is 55.9 cm³/mol. The van der Waals surface area contributed by atoms with E-state index in [2.05, 4.69) is 0 Å². The normalized spacial score (nSPS) is 18.9. The minimum Gasteiger partial charge on any atom is -0.380 e. The molecule has 1 rings (SSSR count). The van der Waals surface area contributed by atoms with Gasteiger partial charge in [0.1, 0.15) is 6.42 Å². The molecule has 0 N–H and O–H groups in total. The monoisotopic (exact) mass is 203 g/mol. The molecular formula is C10H21NO3. The molecule has 1 aliphatic heterocycles. The first-order valence-electron chi connectivity index (χ1n) is 3.95. The topological polar surface area (TPSA) is 46.6 Å². The summed E-state index contributed by atoms with van der Waals surface area (Å²) in [5, 5.41) is 0. The van der Waals surface area contributed by atoms with E-state index in [0.717, 1.165) is 0 Å². The van der Waals surface area contributed by atoms with Crippen molar-refractivity contribution in [1.29, 1.82) is 0 Å². The summed E-state index contributed by atoms with van der Waals surface area (Å²) in [7, 11) is 1.57. The predicted octanol–water partition coefficient (Wildman–Crippen LogP) is 1.44. The molecule has 0 spiro atoms. The van der Waals surface area contributed by atoms with Crippen LogP contribution in [-0.4, -0.2) is 36.0 Å². The Balaban J connectivity index is 0. The fourth-order valence-corrected chi connectivity index (χ4v) is 1.21. The summed E-state index contributed by atoms with van der Waals surface area (Å²) in [6.45, 7) is 3.65. The first-order chi connectivity index (χ1) is 5.57. The Kier molecular flexibility index (Phi) is 6.40. The molecule has 1 aliphatic rings. The van der Waals surface area contributed by atoms with Gasteiger partial charge in [-0.05, 0) is 13.8 Å². The zero-order valence-electron chi connectivity index (χ0n) is 7.53. The van der Waals surface area contributed by atoms with Gasteiger partial charge in [-0.3, -0.25) is 14.5 Å². The first-order valence-corrected chi connectivity index (χ1v) is 3.95. The van der Waals surface area contributed by atoms with Crippen molar-refractivity contribution >= 4 is 11.8 Å². The van der Waals surface area contributed by atoms with Gasteiger partial charge in [0.2, 0.25) is 11.8 Å². The van der Waals surface area contributed by atoms with Gasteiger partial charge in [-0.2, -0.15) is 0 Å². The lowest BCUT2D eigenvalue weighted by Crippen LogP contribution is -2.56. The van der Waals surface area contributed by atoms with Crippen LogP contribution in [0.25, 0.3) is 0 Å². The Morgan fingerprint density at radius 3 is 1.93 bits per heavy atom. The number of nitrogens with zero attached hydrogens (tertiary/aromatic N) is 1. The first kappa shape index (κ1) is 15.6. The number of hydrogen-bond donors (Lipinski definition) is 0. The summed E-state index contributed by atoms with van der Waals surface area (Å²) >= 11 is 0. The molecule has 0 bridgehead atoms. The SMILES string of the molecule is C.C.COC(C)C(C)N1C(=O)CC1=O. The minimum absolute atomic E-state index is 0. The fourth-order valence-electron chi connectivity index (χ4n) is 1.21. The summed E-state index contributed by atoms with van der Waals surface area (Å²) in [6.07, 6.45) is -0.0426. The molecule has 4 nitrogen and oxygen atoms in total. The maximum atomic E-state index is 11.0. The number of β-lactam (4-membered cyclic amide) rings is 2. The van der Waals surface area contributed by atoms with Gasteiger partial charge in [0.15, 0.2) is 0 Å². The van der Waals surface area contributed by atoms with Gasteiger partial charge < -0.3 is 4.74 Å². The Hall–Kier alpha value is -0.900. The van der Waals surface area contributed by atoms with Crippen LogP contribution in [0.5, 0.6) is 0 Å². The average molecular weight is 203 g/mol. The van der Waals surface area contributed by atoms with E-state index in [1.807, 2.05) is 13.8 Å². The number of carbonyl (C=O) groups is 2. The van der Waals surface area contributed by atoms with Crippen molar-refractivity contribution in [3.05, 3.63) is 0 Å². The van der Waals surface area contributed by atoms with Crippen LogP contribution in [-0.2, 0) is 14.3 Å². The minimum atomic E-state index is -0.149. The van der Waals surface area contributed by atoms with Crippen molar-refractivity contribution in [2.45, 2.75) is 47.3 Å². The highest BCUT2D eigenvalue weighted by Gasteiger charge is 2.39. The summed E-state index contributed by atoms with van der Waals surface area (Å²) in [5.74, 6) is -0.201. The Morgan fingerprint density at radius 2 is 1.64 bits per heavy atom. The summed E-state index contributed by atoms with van der Waals surface area (Å²) in [5.41, 5.74) is 0. The molecule has 0 saturated carbocycles. The van der Waals surface area contributed by atoms with Crippen molar-refractivity contribution in [1.82, 2.24) is 4.90 Å². The molecular weight excluding hydrogens is 182 g/mol. The van der Waals surface area contributed by atoms with E-state index in [-0.39, 0.29) is 45.2 Å². The van der Waals surface area contributed by atoms with E-state index in [9.17, 15) is 9.59 Å². The second-order valence-electron chi connectivity index (χ2n) is 3.02. The molecule has 2 atom stereocenters. The molecule has 0 aromatic heterocycles. The fraction of sp³-hybridized carbons (Fsp3) is 0.800. The van der Waals surface area contributed by atoms with Crippen molar-refractivity contribution in [2.24, 2.45) is 0 Å². The number of hydrogen-bond acceptors (Lipinski definition) is 3. The third-order valence-corrected chi connectivity index (χ3v) is 2.30. The van der Waals surface area contributed by atoms with Crippen LogP contribution in [0.3, 0.4) is 0 Å². The Bertz CT molecular complexity index is 201. The molecule has 4 heteroatoms. The zero-order valence-corrected chi connectivity index (χ0v) is 7.53. The molecule has 1 saturated heterocycles. The lowest BCUT2D eigenvalue weighted by molar-refractivity contribution is -0.163. The maximum absolute atomic E-state index is 11.0. The molecule has 1 fully saturated rings. The van der Waals surface area contributed by atoms with Crippen LogP contribution >= 0.6 is 0 Å². The van der Waals surface area contributed by atoms with Crippen LogP contribution < -0.4 is 0 Å². The van der Waals surface area contributed by atoms with Gasteiger partial charge in [-0.25, -0.2) is 0 Å². The van der Waals surface area contributed by atoms with Gasteiger partial charge in [-0.15, -0.1) is 0 Å². The standard InChI is InChI=1S/C8H13NO3.2CH4/c1-5(6(2)12-3)9-7(10)4-8(9)11;;/h5-6H,4H2,1-3H3;2*1H4. The van der Waals surface area contributed by atoms with E-state index in [1.54, 1.807) is 7.11 Å². The highest BCUT2D eigenvalue weighted by molar-refractivity contribution is 6.15. The van der Waals surface area contributed by atoms with Gasteiger partial charge in [-0.1, -0.05) is 14.9 Å². The van der Waals surface area contributed by atoms with Crippen molar-refractivity contribution in [2.75, 3.05) is 7.11 Å². The summed E-state index contributed by atoms with van der Waals surface area (Å²) in [4.78, 5) is 23.2. The lowest BCUT2D eigenvalue weighted by atomic mass is 10.1. The summed E-state index contributed by atoms with van der Waals surface area (Å²) < 4.78 is 5.02. The van der Waals surface area contributed by atoms with E-state index >= 15 is 0 Å². The molecule has 1 heterocycles. The number of imide groups is 1. The molecule has 0 radical (unpaired) electrons. The summed E-state index contributed by atoms with van der Waals surface area (Å²) in [6, 6.07) is -0.149. The zero-order chi connectivity index (χ0) is 9.30. The lowest BCUT2D eigenvalue weighted by Gasteiger charge is -2.36. The van der Waals surface area contributed by atoms with Gasteiger partial charge >= 0.3 is 0 Å². The van der Waals surface area contributed by atoms with Gasteiger partial charge in [0.25, 0.3) is 0 Å². The second kappa shape index (κ2) is 5.75. The van der Waals surface area contributed by atoms with Crippen molar-refractivity contribution < 1.29 is 14.3 Å². The van der Waals surface area contributed by atoms with Crippen LogP contribution in [0.1, 0.15) is 35.1 Å². The van der Waals surface area contributed by atoms with E-state index < -0.39 is 0 Å². The van der Waals surface area contributed by atoms with Gasteiger partial charge in [0.05, 0.1) is 12.1 Å². The molecule has 0 aromatic rings. The number of rotatable bonds is 3. The maximum Gasteiger partial charge on any atom is 0.238 e. The molecule has 0 aromatic carbocycles. The van der Waals surface area contributed by atoms with Gasteiger partial charge in [0, 0.05) is 7.11 Å². The smallest absolute Gasteiger partial charge is 0.238 e. The largest absolute Gasteiger partial charge is 0.380 e. The number of carbonyl (C=O) groups excluding carboxylic acids is 2. The second-order valence-corrected chi connectivity index (χ2v) is 3.02. The highest BCUT2D eigenvalue weighted by atomic mass is 16.5. The Labute approximate surface area is 86.2 Å². The molecule has 84 valence electrons. The molecule has 2 unspecified atom stereocenters. The van der Waals surface area contributed by atoms with E-state index in [1.165, 1.54) is 4.90 Å². The van der Waals surface area contributed by atoms with E-state index in [4.69, 9.17) is 4.74 Å². The number of likely N-dealkylation sites (tertiary alicyclic amines) is 1. The highest BCUT2D eigenvalue weighted by Crippen LogP contribution is 2.18. The average Bonchev–Trinajstić information content (AvgIpc) is 2.02. The molecule has 14 heavy (non-hydrogen) atoms. The van der Waals surface area contributed by atoms with Crippen LogP contribution in [0, 0.1) is 0 Å². The molecule has 2 amide bonds. The van der Waals surface area contributed by atoms with Crippen LogP contribution in [0.4, 0.5) is 0 Å². The number of ether oxygens (including phenoxy) is 1. The van der Waals surface area contributed by atoms with Crippen LogP contribution in [0.2, 0.25) is 0 Å². The third-order valence-electron chi connectivity index (χ3n) is 2.30. The van der Waals surface area contributed by atoms with Crippen LogP contribution in [0.15, 0.2) is 0 Å². The van der Waals surface area contributed by atoms with Crippen molar-refractivity contribution in [3.8, 4) is 0 Å². The molecule has 0 aliphatic carbocycles. The van der Waals surface area contributed by atoms with E-state index in [0.29, 0.717) is 0 Å². The Morgan fingerprint density at radius 1 is 1.21 bits per heavy atom. The third kappa shape index (κ3) is 2.54. The quantitative estimate of drug-likeness (QED) is 0.515.